The number of amides is 1. The fourth-order valence-corrected chi connectivity index (χ4v) is 2.86. The van der Waals surface area contributed by atoms with Gasteiger partial charge in [0.25, 0.3) is 0 Å². The summed E-state index contributed by atoms with van der Waals surface area (Å²) in [7, 11) is 1.67. The van der Waals surface area contributed by atoms with Crippen molar-refractivity contribution in [2.45, 2.75) is 38.3 Å². The average molecular weight is 256 g/mol. The van der Waals surface area contributed by atoms with Crippen molar-refractivity contribution in [2.75, 3.05) is 33.4 Å². The highest BCUT2D eigenvalue weighted by atomic mass is 16.5. The summed E-state index contributed by atoms with van der Waals surface area (Å²) < 4.78 is 10.8. The number of carbonyl (C=O) groups is 1. The van der Waals surface area contributed by atoms with Gasteiger partial charge in [0.2, 0.25) is 5.91 Å². The zero-order valence-corrected chi connectivity index (χ0v) is 11.3. The Balaban J connectivity index is 1.98. The Morgan fingerprint density at radius 1 is 1.50 bits per heavy atom. The van der Waals surface area contributed by atoms with Crippen molar-refractivity contribution in [1.29, 1.82) is 0 Å². The first-order valence-electron chi connectivity index (χ1n) is 6.80. The molecule has 2 aliphatic rings. The van der Waals surface area contributed by atoms with E-state index in [2.05, 4.69) is 10.6 Å². The van der Waals surface area contributed by atoms with Gasteiger partial charge in [0.1, 0.15) is 0 Å². The van der Waals surface area contributed by atoms with Gasteiger partial charge in [0.05, 0.1) is 24.2 Å². The molecule has 1 amide bonds. The van der Waals surface area contributed by atoms with Gasteiger partial charge in [-0.05, 0) is 39.3 Å². The first-order chi connectivity index (χ1) is 8.68. The van der Waals surface area contributed by atoms with E-state index in [0.29, 0.717) is 6.61 Å². The van der Waals surface area contributed by atoms with Crippen molar-refractivity contribution < 1.29 is 14.3 Å². The molecular weight excluding hydrogens is 232 g/mol. The van der Waals surface area contributed by atoms with Crippen molar-refractivity contribution in [2.24, 2.45) is 5.41 Å². The van der Waals surface area contributed by atoms with Crippen LogP contribution in [-0.4, -0.2) is 51.5 Å². The molecule has 5 heteroatoms. The lowest BCUT2D eigenvalue weighted by molar-refractivity contribution is -0.137. The summed E-state index contributed by atoms with van der Waals surface area (Å²) in [4.78, 5) is 12.5. The molecule has 5 nitrogen and oxygen atoms in total. The second-order valence-corrected chi connectivity index (χ2v) is 5.41. The van der Waals surface area contributed by atoms with Gasteiger partial charge in [-0.1, -0.05) is 0 Å². The van der Waals surface area contributed by atoms with Crippen LogP contribution in [0.5, 0.6) is 0 Å². The number of methoxy groups -OCH3 is 1. The molecule has 2 unspecified atom stereocenters. The standard InChI is InChI=1S/C13H24N2O3/c1-10-11(3-8-18-10)15-12(16)13(9-17-2)4-6-14-7-5-13/h10-11,14H,3-9H2,1-2H3,(H,15,16). The lowest BCUT2D eigenvalue weighted by Gasteiger charge is -2.36. The lowest BCUT2D eigenvalue weighted by Crippen LogP contribution is -2.53. The fraction of sp³-hybridized carbons (Fsp3) is 0.923. The molecule has 0 spiro atoms. The molecule has 2 atom stereocenters. The van der Waals surface area contributed by atoms with Gasteiger partial charge in [-0.25, -0.2) is 0 Å². The van der Waals surface area contributed by atoms with Crippen LogP contribution < -0.4 is 10.6 Å². The number of carbonyl (C=O) groups excluding carboxylic acids is 1. The van der Waals surface area contributed by atoms with Crippen LogP contribution in [0.3, 0.4) is 0 Å². The molecule has 0 aliphatic carbocycles. The second-order valence-electron chi connectivity index (χ2n) is 5.41. The Labute approximate surface area is 109 Å². The monoisotopic (exact) mass is 256 g/mol. The third kappa shape index (κ3) is 2.84. The summed E-state index contributed by atoms with van der Waals surface area (Å²) in [6.45, 7) is 5.03. The summed E-state index contributed by atoms with van der Waals surface area (Å²) >= 11 is 0. The molecule has 18 heavy (non-hydrogen) atoms. The van der Waals surface area contributed by atoms with Crippen LogP contribution in [0.4, 0.5) is 0 Å². The Morgan fingerprint density at radius 2 is 2.22 bits per heavy atom. The number of hydrogen-bond acceptors (Lipinski definition) is 4. The second kappa shape index (κ2) is 5.99. The van der Waals surface area contributed by atoms with Gasteiger partial charge in [0.15, 0.2) is 0 Å². The van der Waals surface area contributed by atoms with Crippen LogP contribution in [0.2, 0.25) is 0 Å². The van der Waals surface area contributed by atoms with E-state index >= 15 is 0 Å². The number of nitrogens with one attached hydrogen (secondary N) is 2. The first kappa shape index (κ1) is 13.8. The van der Waals surface area contributed by atoms with E-state index in [4.69, 9.17) is 9.47 Å². The Morgan fingerprint density at radius 3 is 2.78 bits per heavy atom. The highest BCUT2D eigenvalue weighted by molar-refractivity contribution is 5.83. The topological polar surface area (TPSA) is 59.6 Å². The average Bonchev–Trinajstić information content (AvgIpc) is 2.76. The third-order valence-corrected chi connectivity index (χ3v) is 4.16. The molecule has 0 aromatic carbocycles. The zero-order valence-electron chi connectivity index (χ0n) is 11.3. The maximum Gasteiger partial charge on any atom is 0.228 e. The van der Waals surface area contributed by atoms with Crippen LogP contribution in [0, 0.1) is 5.41 Å². The fourth-order valence-electron chi connectivity index (χ4n) is 2.86. The number of rotatable bonds is 4. The largest absolute Gasteiger partial charge is 0.384 e. The van der Waals surface area contributed by atoms with Gasteiger partial charge >= 0.3 is 0 Å². The predicted molar refractivity (Wildman–Crippen MR) is 68.4 cm³/mol. The smallest absolute Gasteiger partial charge is 0.228 e. The van der Waals surface area contributed by atoms with Gasteiger partial charge in [-0.3, -0.25) is 4.79 Å². The van der Waals surface area contributed by atoms with Crippen LogP contribution in [0.25, 0.3) is 0 Å². The van der Waals surface area contributed by atoms with Crippen molar-refractivity contribution in [3.63, 3.8) is 0 Å². The number of hydrogen-bond donors (Lipinski definition) is 2. The Bertz CT molecular complexity index is 284. The molecular formula is C13H24N2O3. The summed E-state index contributed by atoms with van der Waals surface area (Å²) in [5.41, 5.74) is -0.359. The molecule has 0 saturated carbocycles. The van der Waals surface area contributed by atoms with Crippen LogP contribution in [-0.2, 0) is 14.3 Å². The van der Waals surface area contributed by atoms with E-state index in [1.54, 1.807) is 7.11 Å². The zero-order chi connectivity index (χ0) is 13.0. The van der Waals surface area contributed by atoms with E-state index in [1.165, 1.54) is 0 Å². The predicted octanol–water partition coefficient (Wildman–Crippen LogP) is 0.296. The molecule has 0 bridgehead atoms. The van der Waals surface area contributed by atoms with E-state index in [1.807, 2.05) is 6.92 Å². The van der Waals surface area contributed by atoms with E-state index in [0.717, 1.165) is 39.0 Å². The molecule has 2 fully saturated rings. The van der Waals surface area contributed by atoms with Crippen LogP contribution in [0.1, 0.15) is 26.2 Å². The normalized spacial score (nSPS) is 31.2. The maximum absolute atomic E-state index is 12.5. The molecule has 2 rings (SSSR count). The van der Waals surface area contributed by atoms with Gasteiger partial charge in [0, 0.05) is 13.7 Å². The molecule has 0 aromatic rings. The van der Waals surface area contributed by atoms with Crippen molar-refractivity contribution >= 4 is 5.91 Å². The summed E-state index contributed by atoms with van der Waals surface area (Å²) in [6.07, 6.45) is 2.72. The maximum atomic E-state index is 12.5. The summed E-state index contributed by atoms with van der Waals surface area (Å²) in [5.74, 6) is 0.133. The SMILES string of the molecule is COCC1(C(=O)NC2CCOC2C)CCNCC1. The molecule has 2 saturated heterocycles. The molecule has 0 aromatic heterocycles. The highest BCUT2D eigenvalue weighted by Crippen LogP contribution is 2.30. The van der Waals surface area contributed by atoms with E-state index < -0.39 is 0 Å². The molecule has 0 radical (unpaired) electrons. The van der Waals surface area contributed by atoms with Gasteiger partial charge in [-0.15, -0.1) is 0 Å². The number of ether oxygens (including phenoxy) is 2. The minimum Gasteiger partial charge on any atom is -0.384 e. The van der Waals surface area contributed by atoms with Gasteiger partial charge in [-0.2, -0.15) is 0 Å². The Hall–Kier alpha value is -0.650. The first-order valence-corrected chi connectivity index (χ1v) is 6.80. The molecule has 2 N–H and O–H groups in total. The quantitative estimate of drug-likeness (QED) is 0.759. The summed E-state index contributed by atoms with van der Waals surface area (Å²) in [5, 5.41) is 6.45. The van der Waals surface area contributed by atoms with Crippen molar-refractivity contribution in [3.05, 3.63) is 0 Å². The summed E-state index contributed by atoms with van der Waals surface area (Å²) in [6, 6.07) is 0.154. The van der Waals surface area contributed by atoms with Gasteiger partial charge < -0.3 is 20.1 Å². The molecule has 2 heterocycles. The van der Waals surface area contributed by atoms with Crippen molar-refractivity contribution in [1.82, 2.24) is 10.6 Å². The highest BCUT2D eigenvalue weighted by Gasteiger charge is 2.41. The molecule has 2 aliphatic heterocycles. The molecule has 104 valence electrons. The minimum absolute atomic E-state index is 0.121. The van der Waals surface area contributed by atoms with Crippen LogP contribution >= 0.6 is 0 Å². The van der Waals surface area contributed by atoms with E-state index in [-0.39, 0.29) is 23.5 Å². The number of piperidine rings is 1. The van der Waals surface area contributed by atoms with Crippen LogP contribution in [0.15, 0.2) is 0 Å². The van der Waals surface area contributed by atoms with Crippen molar-refractivity contribution in [3.8, 4) is 0 Å². The minimum atomic E-state index is -0.359. The lowest BCUT2D eigenvalue weighted by atomic mass is 9.78. The Kier molecular flexibility index (Phi) is 4.59. The third-order valence-electron chi connectivity index (χ3n) is 4.16. The van der Waals surface area contributed by atoms with E-state index in [9.17, 15) is 4.79 Å².